The van der Waals surface area contributed by atoms with E-state index < -0.39 is 0 Å². The number of halogens is 1. The minimum atomic E-state index is 0.641. The second-order valence-electron chi connectivity index (χ2n) is 5.56. The molecule has 6 nitrogen and oxygen atoms in total. The van der Waals surface area contributed by atoms with Gasteiger partial charge in [0.25, 0.3) is 0 Å². The molecule has 0 N–H and O–H groups in total. The van der Waals surface area contributed by atoms with Crippen molar-refractivity contribution in [3.05, 3.63) is 72.5 Å². The molecule has 4 aromatic rings. The second-order valence-corrected chi connectivity index (χ2v) is 5.99. The number of hydrogen-bond acceptors (Lipinski definition) is 4. The average molecular weight is 351 g/mol. The van der Waals surface area contributed by atoms with Crippen molar-refractivity contribution in [1.29, 1.82) is 0 Å². The van der Waals surface area contributed by atoms with Crippen LogP contribution >= 0.6 is 11.6 Å². The molecule has 0 aliphatic heterocycles. The molecule has 0 saturated carbocycles. The Bertz CT molecular complexity index is 976. The van der Waals surface area contributed by atoms with E-state index in [1.807, 2.05) is 35.1 Å². The average Bonchev–Trinajstić information content (AvgIpc) is 3.30. The molecule has 0 aliphatic rings. The lowest BCUT2D eigenvalue weighted by atomic mass is 10.1. The SMILES string of the molecule is Clc1cnn(CCn2ccc(-c3cccc(-c4cnccn4)c3)n2)c1. The Balaban J connectivity index is 1.52. The fourth-order valence-electron chi connectivity index (χ4n) is 2.59. The van der Waals surface area contributed by atoms with Crippen molar-refractivity contribution in [1.82, 2.24) is 29.5 Å². The summed E-state index contributed by atoms with van der Waals surface area (Å²) in [7, 11) is 0. The van der Waals surface area contributed by atoms with Crippen molar-refractivity contribution in [2.75, 3.05) is 0 Å². The quantitative estimate of drug-likeness (QED) is 0.552. The van der Waals surface area contributed by atoms with E-state index in [4.69, 9.17) is 11.6 Å². The molecule has 0 aliphatic carbocycles. The van der Waals surface area contributed by atoms with Gasteiger partial charge in [-0.05, 0) is 12.1 Å². The summed E-state index contributed by atoms with van der Waals surface area (Å²) < 4.78 is 3.71. The molecule has 0 spiro atoms. The van der Waals surface area contributed by atoms with Gasteiger partial charge in [-0.3, -0.25) is 19.3 Å². The zero-order chi connectivity index (χ0) is 17.1. The summed E-state index contributed by atoms with van der Waals surface area (Å²) >= 11 is 5.88. The van der Waals surface area contributed by atoms with Crippen LogP contribution in [0.15, 0.2) is 67.5 Å². The van der Waals surface area contributed by atoms with Crippen molar-refractivity contribution < 1.29 is 0 Å². The van der Waals surface area contributed by atoms with E-state index in [-0.39, 0.29) is 0 Å². The van der Waals surface area contributed by atoms with E-state index >= 15 is 0 Å². The molecule has 0 amide bonds. The van der Waals surface area contributed by atoms with Crippen LogP contribution in [0.5, 0.6) is 0 Å². The minimum absolute atomic E-state index is 0.641. The molecule has 0 atom stereocenters. The first-order valence-corrected chi connectivity index (χ1v) is 8.24. The summed E-state index contributed by atoms with van der Waals surface area (Å²) in [6.45, 7) is 1.44. The fourth-order valence-corrected chi connectivity index (χ4v) is 2.75. The lowest BCUT2D eigenvalue weighted by Crippen LogP contribution is -2.08. The van der Waals surface area contributed by atoms with Gasteiger partial charge in [-0.25, -0.2) is 0 Å². The monoisotopic (exact) mass is 350 g/mol. The number of aromatic nitrogens is 6. The number of nitrogens with zero attached hydrogens (tertiary/aromatic N) is 6. The predicted octanol–water partition coefficient (Wildman–Crippen LogP) is 3.56. The predicted molar refractivity (Wildman–Crippen MR) is 95.9 cm³/mol. The molecule has 3 heterocycles. The van der Waals surface area contributed by atoms with Gasteiger partial charge in [0.05, 0.1) is 41.9 Å². The largest absolute Gasteiger partial charge is 0.270 e. The molecule has 1 aromatic carbocycles. The van der Waals surface area contributed by atoms with Crippen LogP contribution in [-0.4, -0.2) is 29.5 Å². The lowest BCUT2D eigenvalue weighted by molar-refractivity contribution is 0.501. The Hall–Kier alpha value is -2.99. The number of rotatable bonds is 5. The van der Waals surface area contributed by atoms with Gasteiger partial charge in [0.1, 0.15) is 0 Å². The van der Waals surface area contributed by atoms with Crippen molar-refractivity contribution in [2.45, 2.75) is 13.1 Å². The van der Waals surface area contributed by atoms with Gasteiger partial charge in [-0.2, -0.15) is 10.2 Å². The highest BCUT2D eigenvalue weighted by molar-refractivity contribution is 6.30. The molecular formula is C18H15ClN6. The Morgan fingerprint density at radius 3 is 2.52 bits per heavy atom. The third-order valence-corrected chi connectivity index (χ3v) is 4.01. The molecule has 0 fully saturated rings. The summed E-state index contributed by atoms with van der Waals surface area (Å²) in [6, 6.07) is 10.1. The van der Waals surface area contributed by atoms with Gasteiger partial charge in [0.2, 0.25) is 0 Å². The van der Waals surface area contributed by atoms with Gasteiger partial charge >= 0.3 is 0 Å². The van der Waals surface area contributed by atoms with Gasteiger partial charge in [-0.15, -0.1) is 0 Å². The standard InChI is InChI=1S/C18H15ClN6/c19-16-11-22-25(13-16)9-8-24-7-4-17(23-24)14-2-1-3-15(10-14)18-12-20-5-6-21-18/h1-7,10-13H,8-9H2. The molecule has 0 unspecified atom stereocenters. The van der Waals surface area contributed by atoms with Crippen molar-refractivity contribution in [2.24, 2.45) is 0 Å². The smallest absolute Gasteiger partial charge is 0.0923 e. The Morgan fingerprint density at radius 2 is 1.76 bits per heavy atom. The van der Waals surface area contributed by atoms with E-state index in [0.29, 0.717) is 11.6 Å². The minimum Gasteiger partial charge on any atom is -0.270 e. The zero-order valence-electron chi connectivity index (χ0n) is 13.3. The molecule has 4 rings (SSSR count). The van der Waals surface area contributed by atoms with Crippen LogP contribution in [0.1, 0.15) is 0 Å². The Kier molecular flexibility index (Phi) is 4.26. The molecule has 0 saturated heterocycles. The van der Waals surface area contributed by atoms with Crippen molar-refractivity contribution in [3.63, 3.8) is 0 Å². The van der Waals surface area contributed by atoms with Crippen LogP contribution in [0.2, 0.25) is 5.02 Å². The van der Waals surface area contributed by atoms with E-state index in [2.05, 4.69) is 26.2 Å². The van der Waals surface area contributed by atoms with Crippen LogP contribution < -0.4 is 0 Å². The summed E-state index contributed by atoms with van der Waals surface area (Å²) in [5, 5.41) is 9.46. The van der Waals surface area contributed by atoms with E-state index in [1.165, 1.54) is 0 Å². The second kappa shape index (κ2) is 6.86. The third kappa shape index (κ3) is 3.59. The van der Waals surface area contributed by atoms with Crippen molar-refractivity contribution in [3.8, 4) is 22.5 Å². The lowest BCUT2D eigenvalue weighted by Gasteiger charge is -2.04. The third-order valence-electron chi connectivity index (χ3n) is 3.82. The molecule has 124 valence electrons. The summed E-state index contributed by atoms with van der Waals surface area (Å²) in [5.74, 6) is 0. The van der Waals surface area contributed by atoms with Crippen LogP contribution in [-0.2, 0) is 13.1 Å². The van der Waals surface area contributed by atoms with E-state index in [9.17, 15) is 0 Å². The first kappa shape index (κ1) is 15.5. The van der Waals surface area contributed by atoms with E-state index in [0.717, 1.165) is 29.1 Å². The van der Waals surface area contributed by atoms with Crippen LogP contribution in [0.25, 0.3) is 22.5 Å². The van der Waals surface area contributed by atoms with E-state index in [1.54, 1.807) is 35.7 Å². The van der Waals surface area contributed by atoms with Gasteiger partial charge in [-0.1, -0.05) is 29.8 Å². The number of aryl methyl sites for hydroxylation is 2. The van der Waals surface area contributed by atoms with Gasteiger partial charge in [0.15, 0.2) is 0 Å². The molecule has 0 bridgehead atoms. The first-order valence-electron chi connectivity index (χ1n) is 7.86. The number of hydrogen-bond donors (Lipinski definition) is 0. The fraction of sp³-hybridized carbons (Fsp3) is 0.111. The maximum absolute atomic E-state index is 5.88. The van der Waals surface area contributed by atoms with Crippen molar-refractivity contribution >= 4 is 11.6 Å². The van der Waals surface area contributed by atoms with Gasteiger partial charge < -0.3 is 0 Å². The van der Waals surface area contributed by atoms with Crippen LogP contribution in [0.4, 0.5) is 0 Å². The summed E-state index contributed by atoms with van der Waals surface area (Å²) in [5.41, 5.74) is 3.83. The number of benzene rings is 1. The summed E-state index contributed by atoms with van der Waals surface area (Å²) in [6.07, 6.45) is 10.5. The van der Waals surface area contributed by atoms with Gasteiger partial charge in [0, 0.05) is 35.9 Å². The molecule has 3 aromatic heterocycles. The molecular weight excluding hydrogens is 336 g/mol. The first-order chi connectivity index (χ1) is 12.3. The van der Waals surface area contributed by atoms with Crippen LogP contribution in [0, 0.1) is 0 Å². The Morgan fingerprint density at radius 1 is 0.920 bits per heavy atom. The molecule has 25 heavy (non-hydrogen) atoms. The topological polar surface area (TPSA) is 61.4 Å². The summed E-state index contributed by atoms with van der Waals surface area (Å²) in [4.78, 5) is 8.47. The maximum atomic E-state index is 5.88. The highest BCUT2D eigenvalue weighted by Gasteiger charge is 2.06. The highest BCUT2D eigenvalue weighted by atomic mass is 35.5. The molecule has 0 radical (unpaired) electrons. The normalized spacial score (nSPS) is 10.9. The molecule has 7 heteroatoms. The Labute approximate surface area is 149 Å². The maximum Gasteiger partial charge on any atom is 0.0923 e. The zero-order valence-corrected chi connectivity index (χ0v) is 14.1. The highest BCUT2D eigenvalue weighted by Crippen LogP contribution is 2.23. The van der Waals surface area contributed by atoms with Crippen LogP contribution in [0.3, 0.4) is 0 Å².